The van der Waals surface area contributed by atoms with Crippen molar-refractivity contribution in [1.29, 1.82) is 0 Å². The minimum Gasteiger partial charge on any atom is -0.497 e. The zero-order chi connectivity index (χ0) is 39.7. The molecule has 4 aromatic carbocycles. The molecule has 13 heteroatoms. The first kappa shape index (κ1) is 40.4. The summed E-state index contributed by atoms with van der Waals surface area (Å²) in [4.78, 5) is 13.1. The molecule has 0 saturated carbocycles. The number of benzene rings is 4. The van der Waals surface area contributed by atoms with Gasteiger partial charge >= 0.3 is 16.3 Å². The second kappa shape index (κ2) is 18.6. The molecule has 0 aliphatic carbocycles. The van der Waals surface area contributed by atoms with E-state index in [0.717, 1.165) is 68.6 Å². The quantitative estimate of drug-likeness (QED) is 0.0640. The summed E-state index contributed by atoms with van der Waals surface area (Å²) in [7, 11) is -2.52. The summed E-state index contributed by atoms with van der Waals surface area (Å²) in [5.41, 5.74) is 8.06. The lowest BCUT2D eigenvalue weighted by molar-refractivity contribution is -0.143. The molecule has 296 valence electrons. The lowest BCUT2D eigenvalue weighted by Gasteiger charge is -2.31. The van der Waals surface area contributed by atoms with Crippen molar-refractivity contribution < 1.29 is 36.3 Å². The maximum absolute atomic E-state index is 13.4. The van der Waals surface area contributed by atoms with Crippen LogP contribution in [-0.4, -0.2) is 60.6 Å². The fraction of sp³-hybridized carbons (Fsp3) is 0.372. The number of hydrogen-bond donors (Lipinski definition) is 0. The smallest absolute Gasteiger partial charge is 0.388 e. The highest BCUT2D eigenvalue weighted by atomic mass is 32.2. The molecule has 56 heavy (non-hydrogen) atoms. The van der Waals surface area contributed by atoms with Crippen molar-refractivity contribution in [3.63, 3.8) is 0 Å². The van der Waals surface area contributed by atoms with Gasteiger partial charge in [0.15, 0.2) is 0 Å². The van der Waals surface area contributed by atoms with E-state index in [1.807, 2.05) is 110 Å². The number of carbonyl (C=O) groups is 1. The second-order valence-corrected chi connectivity index (χ2v) is 15.3. The Morgan fingerprint density at radius 1 is 0.929 bits per heavy atom. The van der Waals surface area contributed by atoms with Crippen molar-refractivity contribution in [3.8, 4) is 5.75 Å². The maximum Gasteiger partial charge on any atom is 0.388 e. The topological polar surface area (TPSA) is 131 Å². The molecule has 5 aromatic rings. The van der Waals surface area contributed by atoms with E-state index in [9.17, 15) is 13.2 Å². The molecule has 6 rings (SSSR count). The summed E-state index contributed by atoms with van der Waals surface area (Å²) in [5, 5.41) is 9.05. The van der Waals surface area contributed by atoms with E-state index in [1.165, 1.54) is 4.31 Å². The molecule has 0 amide bonds. The number of unbranched alkanes of at least 4 members (excludes halogenated alkanes) is 1. The van der Waals surface area contributed by atoms with Crippen molar-refractivity contribution in [2.24, 2.45) is 0 Å². The average molecular weight is 783 g/mol. The zero-order valence-corrected chi connectivity index (χ0v) is 33.5. The maximum atomic E-state index is 13.4. The van der Waals surface area contributed by atoms with E-state index >= 15 is 0 Å². The van der Waals surface area contributed by atoms with Crippen LogP contribution in [0.25, 0.3) is 11.0 Å². The largest absolute Gasteiger partial charge is 0.497 e. The van der Waals surface area contributed by atoms with Crippen LogP contribution in [0.1, 0.15) is 84.0 Å². The number of nitrogens with zero attached hydrogens (tertiary/aromatic N) is 4. The van der Waals surface area contributed by atoms with Gasteiger partial charge in [-0.15, -0.1) is 5.10 Å². The lowest BCUT2D eigenvalue weighted by atomic mass is 9.83. The van der Waals surface area contributed by atoms with E-state index in [1.54, 1.807) is 20.1 Å². The first-order valence-corrected chi connectivity index (χ1v) is 20.3. The molecular weight excluding hydrogens is 733 g/mol. The van der Waals surface area contributed by atoms with Crippen molar-refractivity contribution in [3.05, 3.63) is 136 Å². The number of aromatic nitrogens is 3. The Balaban J connectivity index is 1.17. The molecule has 1 unspecified atom stereocenters. The summed E-state index contributed by atoms with van der Waals surface area (Å²) in [6.45, 7) is 9.95. The van der Waals surface area contributed by atoms with Crippen LogP contribution < -0.4 is 4.74 Å². The number of ether oxygens (including phenoxy) is 4. The van der Waals surface area contributed by atoms with E-state index in [4.69, 9.17) is 23.1 Å². The summed E-state index contributed by atoms with van der Waals surface area (Å²) >= 11 is 0. The minimum atomic E-state index is -4.17. The van der Waals surface area contributed by atoms with Gasteiger partial charge in [0.25, 0.3) is 5.95 Å². The summed E-state index contributed by atoms with van der Waals surface area (Å²) in [6, 6.07) is 26.7. The standard InChI is InChI=1S/C43H50N4O8S/c1-6-53-41(48)27-39(37-20-21-40-43(31(37)3)44-45-46(40)23-10-11-25-52-28-34-15-18-36(51-5)19-16-34)35-17-14-30(2)38(26-35)32(4)47-24-22-42(55-56(47,49)50)54-29-33-12-8-7-9-13-33/h7-9,12-22,26,32,39H,6,10-11,23-25,27-29H2,1-5H3/t32-,39?/m1/s1. The summed E-state index contributed by atoms with van der Waals surface area (Å²) in [6.07, 6.45) is 3.46. The molecule has 0 bridgehead atoms. The highest BCUT2D eigenvalue weighted by molar-refractivity contribution is 7.84. The normalized spacial score (nSPS) is 15.1. The molecule has 2 atom stereocenters. The highest BCUT2D eigenvalue weighted by Gasteiger charge is 2.35. The molecular formula is C43H50N4O8S. The van der Waals surface area contributed by atoms with E-state index in [2.05, 4.69) is 10.3 Å². The molecule has 1 aliphatic rings. The van der Waals surface area contributed by atoms with Crippen LogP contribution in [0.4, 0.5) is 0 Å². The van der Waals surface area contributed by atoms with Crippen LogP contribution in [0.3, 0.4) is 0 Å². The third-order valence-corrected chi connectivity index (χ3v) is 11.5. The lowest BCUT2D eigenvalue weighted by Crippen LogP contribution is -2.38. The van der Waals surface area contributed by atoms with E-state index in [0.29, 0.717) is 19.8 Å². The Hall–Kier alpha value is -5.24. The molecule has 0 spiro atoms. The monoisotopic (exact) mass is 782 g/mol. The molecule has 2 heterocycles. The molecule has 12 nitrogen and oxygen atoms in total. The van der Waals surface area contributed by atoms with Crippen LogP contribution in [0.15, 0.2) is 97.0 Å². The highest BCUT2D eigenvalue weighted by Crippen LogP contribution is 2.37. The van der Waals surface area contributed by atoms with E-state index < -0.39 is 16.3 Å². The fourth-order valence-electron chi connectivity index (χ4n) is 6.98. The van der Waals surface area contributed by atoms with Crippen LogP contribution in [-0.2, 0) is 53.3 Å². The predicted octanol–water partition coefficient (Wildman–Crippen LogP) is 7.84. The SMILES string of the molecule is CCOC(=O)CC(c1ccc(C)c([C@@H](C)N2CC=C(OCc3ccccc3)OS2(=O)=O)c1)c1ccc2c(nnn2CCCCOCc2ccc(OC)cc2)c1C. The Morgan fingerprint density at radius 2 is 1.70 bits per heavy atom. The van der Waals surface area contributed by atoms with Crippen molar-refractivity contribution in [2.75, 3.05) is 26.9 Å². The fourth-order valence-corrected chi connectivity index (χ4v) is 8.16. The van der Waals surface area contributed by atoms with Gasteiger partial charge in [0, 0.05) is 31.7 Å². The average Bonchev–Trinajstić information content (AvgIpc) is 3.62. The van der Waals surface area contributed by atoms with E-state index in [-0.39, 0.29) is 44.0 Å². The number of aryl methyl sites for hydroxylation is 3. The molecule has 1 aromatic heterocycles. The van der Waals surface area contributed by atoms with Crippen LogP contribution in [0.2, 0.25) is 0 Å². The molecule has 0 saturated heterocycles. The molecule has 0 N–H and O–H groups in total. The predicted molar refractivity (Wildman–Crippen MR) is 213 cm³/mol. The van der Waals surface area contributed by atoms with Gasteiger partial charge in [-0.2, -0.15) is 12.7 Å². The summed E-state index contributed by atoms with van der Waals surface area (Å²) in [5.74, 6) is 0.0621. The molecule has 0 fully saturated rings. The molecule has 0 radical (unpaired) electrons. The number of methoxy groups -OCH3 is 1. The Bertz CT molecular complexity index is 2240. The van der Waals surface area contributed by atoms with Gasteiger partial charge in [-0.05, 0) is 97.7 Å². The third kappa shape index (κ3) is 9.76. The Labute approximate surface area is 329 Å². The third-order valence-electron chi connectivity index (χ3n) is 10.1. The number of esters is 1. The number of fused-ring (bicyclic) bond motifs is 1. The summed E-state index contributed by atoms with van der Waals surface area (Å²) < 4.78 is 57.7. The number of rotatable bonds is 18. The van der Waals surface area contributed by atoms with Crippen LogP contribution in [0.5, 0.6) is 5.75 Å². The van der Waals surface area contributed by atoms with Crippen LogP contribution >= 0.6 is 0 Å². The van der Waals surface area contributed by atoms with Gasteiger partial charge in [0.2, 0.25) is 0 Å². The first-order chi connectivity index (χ1) is 27.1. The van der Waals surface area contributed by atoms with Crippen LogP contribution in [0, 0.1) is 13.8 Å². The minimum absolute atomic E-state index is 0.0464. The number of carbonyl (C=O) groups excluding carboxylic acids is 1. The second-order valence-electron chi connectivity index (χ2n) is 13.8. The van der Waals surface area contributed by atoms with Gasteiger partial charge in [0.05, 0.1) is 38.3 Å². The van der Waals surface area contributed by atoms with Crippen molar-refractivity contribution in [1.82, 2.24) is 19.3 Å². The van der Waals surface area contributed by atoms with Gasteiger partial charge < -0.3 is 23.1 Å². The van der Waals surface area contributed by atoms with Gasteiger partial charge in [-0.1, -0.05) is 71.9 Å². The number of hydrogen-bond acceptors (Lipinski definition) is 10. The van der Waals surface area contributed by atoms with Gasteiger partial charge in [0.1, 0.15) is 17.9 Å². The zero-order valence-electron chi connectivity index (χ0n) is 32.6. The van der Waals surface area contributed by atoms with Gasteiger partial charge in [-0.25, -0.2) is 4.68 Å². The van der Waals surface area contributed by atoms with Gasteiger partial charge in [-0.3, -0.25) is 4.79 Å². The van der Waals surface area contributed by atoms with Crippen molar-refractivity contribution >= 4 is 27.3 Å². The Morgan fingerprint density at radius 3 is 2.43 bits per heavy atom. The molecule has 1 aliphatic heterocycles. The Kier molecular flexibility index (Phi) is 13.4. The van der Waals surface area contributed by atoms with Crippen molar-refractivity contribution in [2.45, 2.75) is 78.7 Å². The first-order valence-electron chi connectivity index (χ1n) is 19.0.